The van der Waals surface area contributed by atoms with Crippen LogP contribution in [0.3, 0.4) is 0 Å². The van der Waals surface area contributed by atoms with Gasteiger partial charge in [0.05, 0.1) is 5.92 Å². The minimum absolute atomic E-state index is 0.0379. The van der Waals surface area contributed by atoms with Crippen molar-refractivity contribution < 1.29 is 24.2 Å². The number of nitrogens with one attached hydrogen (secondary N) is 1. The van der Waals surface area contributed by atoms with E-state index in [1.165, 1.54) is 6.08 Å². The van der Waals surface area contributed by atoms with Crippen LogP contribution >= 0.6 is 0 Å². The molecular weight excluding hydrogens is 238 g/mol. The highest BCUT2D eigenvalue weighted by atomic mass is 16.5. The van der Waals surface area contributed by atoms with Crippen molar-refractivity contribution in [2.75, 3.05) is 26.4 Å². The molecule has 1 aliphatic rings. The van der Waals surface area contributed by atoms with E-state index in [9.17, 15) is 9.59 Å². The van der Waals surface area contributed by atoms with E-state index in [4.69, 9.17) is 14.6 Å². The Kier molecular flexibility index (Phi) is 6.21. The smallest absolute Gasteiger partial charge is 0.407 e. The van der Waals surface area contributed by atoms with Crippen LogP contribution in [0.1, 0.15) is 12.8 Å². The van der Waals surface area contributed by atoms with E-state index in [2.05, 4.69) is 11.9 Å². The number of ether oxygens (including phenoxy) is 2. The summed E-state index contributed by atoms with van der Waals surface area (Å²) in [5.74, 6) is -1.45. The second-order valence-electron chi connectivity index (χ2n) is 4.16. The number of rotatable bonds is 6. The number of hydrogen-bond acceptors (Lipinski definition) is 4. The molecule has 1 aliphatic heterocycles. The van der Waals surface area contributed by atoms with Crippen LogP contribution < -0.4 is 5.32 Å². The summed E-state index contributed by atoms with van der Waals surface area (Å²) in [6.07, 6.45) is 2.25. The first-order valence-electron chi connectivity index (χ1n) is 5.97. The van der Waals surface area contributed by atoms with Crippen molar-refractivity contribution in [2.45, 2.75) is 12.8 Å². The van der Waals surface area contributed by atoms with Gasteiger partial charge in [0.25, 0.3) is 0 Å². The molecule has 0 aromatic heterocycles. The fourth-order valence-electron chi connectivity index (χ4n) is 1.95. The molecule has 1 heterocycles. The molecular formula is C12H19NO5. The third kappa shape index (κ3) is 4.75. The Morgan fingerprint density at radius 3 is 2.72 bits per heavy atom. The molecule has 102 valence electrons. The average molecular weight is 257 g/mol. The fraction of sp³-hybridized carbons (Fsp3) is 0.667. The van der Waals surface area contributed by atoms with E-state index < -0.39 is 18.0 Å². The number of carbonyl (C=O) groups is 2. The molecule has 0 bridgehead atoms. The van der Waals surface area contributed by atoms with E-state index in [1.807, 2.05) is 0 Å². The zero-order valence-electron chi connectivity index (χ0n) is 10.3. The Balaban J connectivity index is 2.40. The van der Waals surface area contributed by atoms with Crippen LogP contribution in [-0.4, -0.2) is 43.5 Å². The van der Waals surface area contributed by atoms with Crippen molar-refractivity contribution in [3.63, 3.8) is 0 Å². The van der Waals surface area contributed by atoms with Gasteiger partial charge in [0.1, 0.15) is 6.61 Å². The van der Waals surface area contributed by atoms with Gasteiger partial charge < -0.3 is 19.9 Å². The van der Waals surface area contributed by atoms with Crippen LogP contribution in [0.5, 0.6) is 0 Å². The molecule has 0 radical (unpaired) electrons. The molecule has 0 aromatic carbocycles. The molecule has 0 aliphatic carbocycles. The fourth-order valence-corrected chi connectivity index (χ4v) is 1.95. The monoisotopic (exact) mass is 257 g/mol. The van der Waals surface area contributed by atoms with Gasteiger partial charge in [-0.2, -0.15) is 0 Å². The molecule has 2 N–H and O–H groups in total. The molecule has 1 atom stereocenters. The van der Waals surface area contributed by atoms with Crippen molar-refractivity contribution in [3.05, 3.63) is 12.7 Å². The lowest BCUT2D eigenvalue weighted by Crippen LogP contribution is -2.39. The second-order valence-corrected chi connectivity index (χ2v) is 4.16. The van der Waals surface area contributed by atoms with Crippen LogP contribution in [0.4, 0.5) is 4.79 Å². The Bertz CT molecular complexity index is 299. The van der Waals surface area contributed by atoms with Gasteiger partial charge in [-0.3, -0.25) is 4.79 Å². The first kappa shape index (κ1) is 14.5. The summed E-state index contributed by atoms with van der Waals surface area (Å²) in [5, 5.41) is 11.6. The average Bonchev–Trinajstić information content (AvgIpc) is 2.37. The van der Waals surface area contributed by atoms with E-state index in [0.29, 0.717) is 26.1 Å². The third-order valence-corrected chi connectivity index (χ3v) is 2.95. The first-order chi connectivity index (χ1) is 8.65. The van der Waals surface area contributed by atoms with Gasteiger partial charge in [0.2, 0.25) is 0 Å². The predicted molar refractivity (Wildman–Crippen MR) is 64.2 cm³/mol. The lowest BCUT2D eigenvalue weighted by Gasteiger charge is -2.27. The number of carboxylic acid groups (broad SMARTS) is 1. The second kappa shape index (κ2) is 7.71. The maximum atomic E-state index is 11.2. The molecule has 18 heavy (non-hydrogen) atoms. The van der Waals surface area contributed by atoms with Crippen LogP contribution in [0, 0.1) is 11.8 Å². The topological polar surface area (TPSA) is 84.9 Å². The lowest BCUT2D eigenvalue weighted by molar-refractivity contribution is -0.144. The number of hydrogen-bond donors (Lipinski definition) is 2. The molecule has 1 amide bonds. The predicted octanol–water partition coefficient (Wildman–Crippen LogP) is 1.03. The van der Waals surface area contributed by atoms with Gasteiger partial charge in [-0.1, -0.05) is 12.7 Å². The summed E-state index contributed by atoms with van der Waals surface area (Å²) in [4.78, 5) is 22.4. The van der Waals surface area contributed by atoms with Crippen molar-refractivity contribution in [3.8, 4) is 0 Å². The summed E-state index contributed by atoms with van der Waals surface area (Å²) in [6, 6.07) is 0. The Morgan fingerprint density at radius 1 is 1.50 bits per heavy atom. The summed E-state index contributed by atoms with van der Waals surface area (Å²) in [6.45, 7) is 4.77. The van der Waals surface area contributed by atoms with Crippen LogP contribution in [0.2, 0.25) is 0 Å². The lowest BCUT2D eigenvalue weighted by atomic mass is 9.86. The Morgan fingerprint density at radius 2 is 2.17 bits per heavy atom. The number of aliphatic carboxylic acids is 1. The van der Waals surface area contributed by atoms with Crippen LogP contribution in [0.15, 0.2) is 12.7 Å². The molecule has 6 heteroatoms. The summed E-state index contributed by atoms with van der Waals surface area (Å²) < 4.78 is 9.92. The molecule has 1 saturated heterocycles. The van der Waals surface area contributed by atoms with E-state index in [-0.39, 0.29) is 19.1 Å². The zero-order valence-corrected chi connectivity index (χ0v) is 10.3. The zero-order chi connectivity index (χ0) is 13.4. The molecule has 0 spiro atoms. The van der Waals surface area contributed by atoms with Crippen molar-refractivity contribution in [1.29, 1.82) is 0 Å². The quantitative estimate of drug-likeness (QED) is 0.694. The first-order valence-corrected chi connectivity index (χ1v) is 5.97. The van der Waals surface area contributed by atoms with Gasteiger partial charge in [-0.05, 0) is 18.8 Å². The van der Waals surface area contributed by atoms with Gasteiger partial charge in [-0.15, -0.1) is 0 Å². The maximum Gasteiger partial charge on any atom is 0.407 e. The molecule has 1 unspecified atom stereocenters. The van der Waals surface area contributed by atoms with Gasteiger partial charge in [-0.25, -0.2) is 4.79 Å². The molecule has 0 aromatic rings. The van der Waals surface area contributed by atoms with Crippen molar-refractivity contribution >= 4 is 12.1 Å². The number of amides is 1. The van der Waals surface area contributed by atoms with Crippen LogP contribution in [-0.2, 0) is 14.3 Å². The van der Waals surface area contributed by atoms with Crippen LogP contribution in [0.25, 0.3) is 0 Å². The minimum Gasteiger partial charge on any atom is -0.481 e. The third-order valence-electron chi connectivity index (χ3n) is 2.95. The molecule has 0 saturated carbocycles. The Hall–Kier alpha value is -1.56. The molecule has 6 nitrogen and oxygen atoms in total. The molecule has 1 fully saturated rings. The van der Waals surface area contributed by atoms with Gasteiger partial charge in [0, 0.05) is 19.8 Å². The standard InChI is InChI=1S/C12H19NO5/c1-2-5-18-12(16)13-8-10(11(14)15)9-3-6-17-7-4-9/h2,9-10H,1,3-8H2,(H,13,16)(H,14,15). The van der Waals surface area contributed by atoms with E-state index in [0.717, 1.165) is 0 Å². The summed E-state index contributed by atoms with van der Waals surface area (Å²) in [5.41, 5.74) is 0. The number of alkyl carbamates (subject to hydrolysis) is 1. The maximum absolute atomic E-state index is 11.2. The number of carboxylic acids is 1. The number of carbonyl (C=O) groups excluding carboxylic acids is 1. The highest BCUT2D eigenvalue weighted by molar-refractivity contribution is 5.72. The summed E-state index contributed by atoms with van der Waals surface area (Å²) >= 11 is 0. The van der Waals surface area contributed by atoms with E-state index >= 15 is 0 Å². The molecule has 1 rings (SSSR count). The SMILES string of the molecule is C=CCOC(=O)NCC(C(=O)O)C1CCOCC1. The highest BCUT2D eigenvalue weighted by Crippen LogP contribution is 2.23. The van der Waals surface area contributed by atoms with Crippen molar-refractivity contribution in [1.82, 2.24) is 5.32 Å². The highest BCUT2D eigenvalue weighted by Gasteiger charge is 2.30. The van der Waals surface area contributed by atoms with E-state index in [1.54, 1.807) is 0 Å². The summed E-state index contributed by atoms with van der Waals surface area (Å²) in [7, 11) is 0. The van der Waals surface area contributed by atoms with Crippen molar-refractivity contribution in [2.24, 2.45) is 11.8 Å². The Labute approximate surface area is 106 Å². The minimum atomic E-state index is -0.897. The van der Waals surface area contributed by atoms with Gasteiger partial charge in [0.15, 0.2) is 0 Å². The van der Waals surface area contributed by atoms with Gasteiger partial charge >= 0.3 is 12.1 Å². The normalized spacial score (nSPS) is 17.8. The largest absolute Gasteiger partial charge is 0.481 e.